The number of carbonyl (C=O) groups excluding carboxylic acids is 1. The minimum atomic E-state index is -0.959. The van der Waals surface area contributed by atoms with E-state index in [2.05, 4.69) is 58.1 Å². The number of piperidine rings is 1. The number of nitrogens with zero attached hydrogens (tertiary/aromatic N) is 4. The van der Waals surface area contributed by atoms with Gasteiger partial charge < -0.3 is 19.9 Å². The molecule has 0 radical (unpaired) electrons. The number of para-hydroxylation sites is 2. The lowest BCUT2D eigenvalue weighted by molar-refractivity contribution is -0.133. The van der Waals surface area contributed by atoms with Gasteiger partial charge in [-0.25, -0.2) is 9.78 Å². The van der Waals surface area contributed by atoms with E-state index in [1.54, 1.807) is 0 Å². The number of carbonyl (C=O) groups is 2. The molecule has 3 aliphatic heterocycles. The van der Waals surface area contributed by atoms with Gasteiger partial charge in [0.25, 0.3) is 0 Å². The van der Waals surface area contributed by atoms with Crippen molar-refractivity contribution in [1.29, 1.82) is 0 Å². The maximum Gasteiger partial charge on any atom is 0.407 e. The van der Waals surface area contributed by atoms with Gasteiger partial charge in [0.2, 0.25) is 5.91 Å². The number of fused-ring (bicyclic) bond motifs is 3. The lowest BCUT2D eigenvalue weighted by atomic mass is 9.88. The van der Waals surface area contributed by atoms with Crippen molar-refractivity contribution in [3.63, 3.8) is 0 Å². The summed E-state index contributed by atoms with van der Waals surface area (Å²) in [5.74, 6) is 0.757. The summed E-state index contributed by atoms with van der Waals surface area (Å²) in [6, 6.07) is 19.8. The number of hydrogen-bond acceptors (Lipinski definition) is 4. The summed E-state index contributed by atoms with van der Waals surface area (Å²) in [5.41, 5.74) is 3.42. The minimum absolute atomic E-state index is 0.0482. The Morgan fingerprint density at radius 2 is 1.71 bits per heavy atom. The Labute approximate surface area is 223 Å². The van der Waals surface area contributed by atoms with Crippen molar-refractivity contribution >= 4 is 23.0 Å². The third kappa shape index (κ3) is 4.45. The number of nitrogens with one attached hydrogen (secondary N) is 1. The molecule has 8 nitrogen and oxygen atoms in total. The van der Waals surface area contributed by atoms with Gasteiger partial charge in [-0.3, -0.25) is 9.69 Å². The van der Waals surface area contributed by atoms with Crippen LogP contribution in [0.25, 0.3) is 11.0 Å². The van der Waals surface area contributed by atoms with Crippen molar-refractivity contribution in [2.45, 2.75) is 76.2 Å². The Kier molecular flexibility index (Phi) is 6.60. The predicted molar refractivity (Wildman–Crippen MR) is 146 cm³/mol. The first kappa shape index (κ1) is 24.9. The third-order valence-corrected chi connectivity index (χ3v) is 9.24. The van der Waals surface area contributed by atoms with Crippen molar-refractivity contribution in [3.8, 4) is 0 Å². The number of imidazole rings is 1. The van der Waals surface area contributed by atoms with Crippen LogP contribution in [0, 0.1) is 12.8 Å². The molecule has 8 heteroatoms. The Morgan fingerprint density at radius 3 is 2.39 bits per heavy atom. The fourth-order valence-electron chi connectivity index (χ4n) is 7.18. The number of aromatic nitrogens is 2. The van der Waals surface area contributed by atoms with Crippen LogP contribution < -0.4 is 5.32 Å². The number of rotatable bonds is 7. The number of hydrogen-bond donors (Lipinski definition) is 2. The zero-order valence-electron chi connectivity index (χ0n) is 22.2. The van der Waals surface area contributed by atoms with E-state index in [9.17, 15) is 14.7 Å². The number of carboxylic acid groups (broad SMARTS) is 1. The van der Waals surface area contributed by atoms with Gasteiger partial charge in [-0.05, 0) is 63.6 Å². The summed E-state index contributed by atoms with van der Waals surface area (Å²) < 4.78 is 2.46. The van der Waals surface area contributed by atoms with Gasteiger partial charge in [-0.15, -0.1) is 0 Å². The molecule has 2 aromatic carbocycles. The number of amides is 2. The highest BCUT2D eigenvalue weighted by Gasteiger charge is 2.44. The molecule has 3 aliphatic rings. The molecule has 2 N–H and O–H groups in total. The SMILES string of the molecule is Cc1nc2ccccc2n1[C@@H]1C[C@H]2CC[C@@H](C1)N2CC[C@H](NC(=O)C1CN(C(=O)O)C1C)c1ccccc1. The maximum absolute atomic E-state index is 13.1. The van der Waals surface area contributed by atoms with E-state index in [-0.39, 0.29) is 30.5 Å². The van der Waals surface area contributed by atoms with E-state index < -0.39 is 6.09 Å². The van der Waals surface area contributed by atoms with Crippen LogP contribution in [0.15, 0.2) is 54.6 Å². The van der Waals surface area contributed by atoms with Gasteiger partial charge in [-0.2, -0.15) is 0 Å². The van der Waals surface area contributed by atoms with Crippen LogP contribution in [-0.2, 0) is 4.79 Å². The van der Waals surface area contributed by atoms with Crippen molar-refractivity contribution in [1.82, 2.24) is 24.7 Å². The van der Waals surface area contributed by atoms with Crippen LogP contribution in [0.2, 0.25) is 0 Å². The Bertz CT molecular complexity index is 1310. The Morgan fingerprint density at radius 1 is 1.03 bits per heavy atom. The molecule has 0 saturated carbocycles. The molecule has 3 aromatic rings. The lowest BCUT2D eigenvalue weighted by Crippen LogP contribution is -2.61. The van der Waals surface area contributed by atoms with E-state index in [1.165, 1.54) is 23.3 Å². The quantitative estimate of drug-likeness (QED) is 0.474. The summed E-state index contributed by atoms with van der Waals surface area (Å²) in [6.45, 7) is 5.14. The van der Waals surface area contributed by atoms with Crippen molar-refractivity contribution in [2.75, 3.05) is 13.1 Å². The van der Waals surface area contributed by atoms with Gasteiger partial charge in [0.1, 0.15) is 5.82 Å². The van der Waals surface area contributed by atoms with Crippen LogP contribution in [0.4, 0.5) is 4.79 Å². The first-order valence-electron chi connectivity index (χ1n) is 13.9. The molecule has 2 amide bonds. The smallest absolute Gasteiger partial charge is 0.407 e. The fraction of sp³-hybridized carbons (Fsp3) is 0.500. The second-order valence-corrected chi connectivity index (χ2v) is 11.3. The summed E-state index contributed by atoms with van der Waals surface area (Å²) >= 11 is 0. The monoisotopic (exact) mass is 515 g/mol. The second kappa shape index (κ2) is 10.1. The van der Waals surface area contributed by atoms with Crippen LogP contribution >= 0.6 is 0 Å². The second-order valence-electron chi connectivity index (χ2n) is 11.3. The van der Waals surface area contributed by atoms with Crippen LogP contribution in [0.3, 0.4) is 0 Å². The van der Waals surface area contributed by atoms with E-state index in [1.807, 2.05) is 25.1 Å². The van der Waals surface area contributed by atoms with Gasteiger partial charge >= 0.3 is 6.09 Å². The number of likely N-dealkylation sites (tertiary alicyclic amines) is 1. The summed E-state index contributed by atoms with van der Waals surface area (Å²) in [4.78, 5) is 33.3. The molecular formula is C30H37N5O3. The summed E-state index contributed by atoms with van der Waals surface area (Å²) in [5, 5.41) is 12.6. The Balaban J connectivity index is 1.13. The van der Waals surface area contributed by atoms with E-state index >= 15 is 0 Å². The molecular weight excluding hydrogens is 478 g/mol. The fourth-order valence-corrected chi connectivity index (χ4v) is 7.18. The predicted octanol–water partition coefficient (Wildman–Crippen LogP) is 4.76. The molecule has 200 valence electrons. The molecule has 6 atom stereocenters. The number of aryl methyl sites for hydroxylation is 1. The Hall–Kier alpha value is -3.39. The van der Waals surface area contributed by atoms with Gasteiger partial charge in [-0.1, -0.05) is 42.5 Å². The van der Waals surface area contributed by atoms with Gasteiger partial charge in [0, 0.05) is 37.3 Å². The molecule has 6 rings (SSSR count). The highest BCUT2D eigenvalue weighted by molar-refractivity contribution is 5.83. The van der Waals surface area contributed by atoms with E-state index in [0.29, 0.717) is 18.1 Å². The molecule has 0 aliphatic carbocycles. The van der Waals surface area contributed by atoms with E-state index in [4.69, 9.17) is 4.98 Å². The first-order chi connectivity index (χ1) is 18.4. The molecule has 3 fully saturated rings. The third-order valence-electron chi connectivity index (χ3n) is 9.24. The van der Waals surface area contributed by atoms with Crippen LogP contribution in [0.1, 0.15) is 62.5 Å². The maximum atomic E-state index is 13.1. The van der Waals surface area contributed by atoms with Gasteiger partial charge in [0.15, 0.2) is 0 Å². The zero-order chi connectivity index (χ0) is 26.4. The standard InChI is InChI=1S/C30H37N5O3/c1-19-25(18-34(19)30(37)38)29(36)32-26(21-8-4-3-5-9-21)14-15-33-22-12-13-23(33)17-24(16-22)35-20(2)31-27-10-6-7-11-28(27)35/h3-11,19,22-26H,12-18H2,1-2H3,(H,32,36)(H,37,38)/t19?,22-,23+,24-,25?,26-/m0/s1. The molecule has 3 saturated heterocycles. The summed E-state index contributed by atoms with van der Waals surface area (Å²) in [6.07, 6.45) is 4.58. The number of benzene rings is 2. The zero-order valence-corrected chi connectivity index (χ0v) is 22.2. The topological polar surface area (TPSA) is 90.7 Å². The van der Waals surface area contributed by atoms with Crippen LogP contribution in [-0.4, -0.2) is 67.7 Å². The highest BCUT2D eigenvalue weighted by atomic mass is 16.4. The molecule has 4 heterocycles. The molecule has 1 aromatic heterocycles. The van der Waals surface area contributed by atoms with Crippen molar-refractivity contribution in [3.05, 3.63) is 66.0 Å². The highest BCUT2D eigenvalue weighted by Crippen LogP contribution is 2.42. The molecule has 2 bridgehead atoms. The molecule has 0 spiro atoms. The average molecular weight is 516 g/mol. The molecule has 38 heavy (non-hydrogen) atoms. The average Bonchev–Trinajstić information content (AvgIpc) is 3.36. The van der Waals surface area contributed by atoms with Crippen LogP contribution in [0.5, 0.6) is 0 Å². The van der Waals surface area contributed by atoms with Gasteiger partial charge in [0.05, 0.1) is 23.0 Å². The largest absolute Gasteiger partial charge is 0.465 e. The normalized spacial score (nSPS) is 27.7. The van der Waals surface area contributed by atoms with Crippen molar-refractivity contribution in [2.24, 2.45) is 5.92 Å². The van der Waals surface area contributed by atoms with E-state index in [0.717, 1.165) is 42.7 Å². The lowest BCUT2D eigenvalue weighted by Gasteiger charge is -2.44. The summed E-state index contributed by atoms with van der Waals surface area (Å²) in [7, 11) is 0. The minimum Gasteiger partial charge on any atom is -0.465 e. The first-order valence-corrected chi connectivity index (χ1v) is 13.9. The molecule has 2 unspecified atom stereocenters. The van der Waals surface area contributed by atoms with Crippen molar-refractivity contribution < 1.29 is 14.7 Å².